The monoisotopic (exact) mass is 377 g/mol. The average Bonchev–Trinajstić information content (AvgIpc) is 3.00. The Balaban J connectivity index is 2.06. The highest BCUT2D eigenvalue weighted by molar-refractivity contribution is 7.90. The van der Waals surface area contributed by atoms with Gasteiger partial charge in [-0.3, -0.25) is 4.68 Å². The number of benzene rings is 1. The predicted octanol–water partition coefficient (Wildman–Crippen LogP) is 3.02. The van der Waals surface area contributed by atoms with E-state index in [1.54, 1.807) is 37.5 Å². The second-order valence-electron chi connectivity index (χ2n) is 5.21. The number of para-hydroxylation sites is 1. The fraction of sp³-hybridized carbons (Fsp3) is 0.188. The Morgan fingerprint density at radius 3 is 2.72 bits per heavy atom. The summed E-state index contributed by atoms with van der Waals surface area (Å²) in [5, 5.41) is 7.85. The fourth-order valence-corrected chi connectivity index (χ4v) is 3.16. The maximum Gasteiger partial charge on any atom is 0.194 e. The normalized spacial score (nSPS) is 12.0. The predicted molar refractivity (Wildman–Crippen MR) is 97.9 cm³/mol. The van der Waals surface area contributed by atoms with Gasteiger partial charge in [0.1, 0.15) is 17.7 Å². The van der Waals surface area contributed by atoms with E-state index in [0.717, 1.165) is 5.56 Å². The van der Waals surface area contributed by atoms with Crippen LogP contribution in [0, 0.1) is 0 Å². The zero-order valence-electron chi connectivity index (χ0n) is 13.9. The first-order valence-corrected chi connectivity index (χ1v) is 9.22. The summed E-state index contributed by atoms with van der Waals surface area (Å²) in [6.45, 7) is 0. The van der Waals surface area contributed by atoms with Gasteiger partial charge in [-0.25, -0.2) is 9.97 Å². The number of ether oxygens (including phenoxy) is 1. The molecular formula is C16H16ClN5O2S. The Morgan fingerprint density at radius 1 is 1.28 bits per heavy atom. The summed E-state index contributed by atoms with van der Waals surface area (Å²) < 4.78 is 19.1. The highest BCUT2D eigenvalue weighted by Gasteiger charge is 2.18. The van der Waals surface area contributed by atoms with Crippen molar-refractivity contribution in [2.75, 3.05) is 18.7 Å². The highest BCUT2D eigenvalue weighted by Crippen LogP contribution is 2.37. The van der Waals surface area contributed by atoms with Crippen LogP contribution in [-0.2, 0) is 18.2 Å². The van der Waals surface area contributed by atoms with Gasteiger partial charge in [0.2, 0.25) is 0 Å². The van der Waals surface area contributed by atoms with Crippen molar-refractivity contribution in [3.05, 3.63) is 41.9 Å². The standard InChI is InChI=1S/C16H16ClN5O2S/c1-22-9-19-16(21-22)10-5-4-6-11(15(10)24-2)20-12-7-14(17)18-8-13(12)25(3)23/h4-9H,1-3H3,(H,18,20). The molecule has 2 aromatic heterocycles. The van der Waals surface area contributed by atoms with Crippen LogP contribution in [0.4, 0.5) is 11.4 Å². The number of pyridine rings is 1. The number of nitrogens with one attached hydrogen (secondary N) is 1. The highest BCUT2D eigenvalue weighted by atomic mass is 35.5. The third-order valence-corrected chi connectivity index (χ3v) is 4.62. The number of methoxy groups -OCH3 is 1. The largest absolute Gasteiger partial charge is 0.612 e. The van der Waals surface area contributed by atoms with Crippen molar-refractivity contribution in [3.63, 3.8) is 0 Å². The summed E-state index contributed by atoms with van der Waals surface area (Å²) in [6.07, 6.45) is 4.70. The third-order valence-electron chi connectivity index (χ3n) is 3.47. The molecular weight excluding hydrogens is 362 g/mol. The average molecular weight is 378 g/mol. The number of halogens is 1. The Hall–Kier alpha value is -2.29. The van der Waals surface area contributed by atoms with Crippen LogP contribution in [0.5, 0.6) is 5.75 Å². The van der Waals surface area contributed by atoms with Gasteiger partial charge in [-0.15, -0.1) is 0 Å². The van der Waals surface area contributed by atoms with Crippen molar-refractivity contribution in [2.45, 2.75) is 4.90 Å². The van der Waals surface area contributed by atoms with Gasteiger partial charge in [0.05, 0.1) is 30.2 Å². The molecule has 1 atom stereocenters. The van der Waals surface area contributed by atoms with E-state index in [1.165, 1.54) is 6.20 Å². The molecule has 0 spiro atoms. The molecule has 0 bridgehead atoms. The summed E-state index contributed by atoms with van der Waals surface area (Å²) in [6, 6.07) is 7.21. The first-order chi connectivity index (χ1) is 12.0. The zero-order valence-corrected chi connectivity index (χ0v) is 15.4. The quantitative estimate of drug-likeness (QED) is 0.543. The molecule has 0 aliphatic heterocycles. The third kappa shape index (κ3) is 3.71. The van der Waals surface area contributed by atoms with Crippen molar-refractivity contribution < 1.29 is 9.29 Å². The van der Waals surface area contributed by atoms with Gasteiger partial charge in [0.15, 0.2) is 16.5 Å². The molecule has 0 saturated carbocycles. The Kier molecular flexibility index (Phi) is 5.12. The van der Waals surface area contributed by atoms with E-state index in [-0.39, 0.29) is 0 Å². The molecule has 0 aliphatic carbocycles. The molecule has 3 aromatic rings. The first-order valence-electron chi connectivity index (χ1n) is 7.28. The molecule has 1 unspecified atom stereocenters. The van der Waals surface area contributed by atoms with E-state index < -0.39 is 11.2 Å². The molecule has 3 rings (SSSR count). The molecule has 25 heavy (non-hydrogen) atoms. The van der Waals surface area contributed by atoms with Gasteiger partial charge in [0.25, 0.3) is 0 Å². The van der Waals surface area contributed by atoms with Gasteiger partial charge < -0.3 is 14.6 Å². The van der Waals surface area contributed by atoms with Crippen LogP contribution in [0.3, 0.4) is 0 Å². The minimum Gasteiger partial charge on any atom is -0.612 e. The summed E-state index contributed by atoms with van der Waals surface area (Å²) in [4.78, 5) is 8.81. The van der Waals surface area contributed by atoms with Crippen molar-refractivity contribution in [1.82, 2.24) is 19.7 Å². The Morgan fingerprint density at radius 2 is 2.08 bits per heavy atom. The molecule has 0 fully saturated rings. The molecule has 1 N–H and O–H groups in total. The summed E-state index contributed by atoms with van der Waals surface area (Å²) in [5.41, 5.74) is 2.03. The number of aryl methyl sites for hydroxylation is 1. The molecule has 0 saturated heterocycles. The maximum atomic E-state index is 11.9. The molecule has 0 amide bonds. The lowest BCUT2D eigenvalue weighted by Crippen LogP contribution is -2.05. The lowest BCUT2D eigenvalue weighted by molar-refractivity contribution is 0.418. The van der Waals surface area contributed by atoms with Crippen molar-refractivity contribution >= 4 is 34.2 Å². The summed E-state index contributed by atoms with van der Waals surface area (Å²) in [7, 11) is 3.37. The van der Waals surface area contributed by atoms with Crippen LogP contribution in [-0.4, -0.2) is 37.7 Å². The van der Waals surface area contributed by atoms with Crippen LogP contribution >= 0.6 is 11.6 Å². The topological polar surface area (TPSA) is 87.9 Å². The van der Waals surface area contributed by atoms with Gasteiger partial charge in [-0.05, 0) is 23.3 Å². The van der Waals surface area contributed by atoms with Gasteiger partial charge in [0, 0.05) is 13.1 Å². The second-order valence-corrected chi connectivity index (χ2v) is 6.95. The number of nitrogens with zero attached hydrogens (tertiary/aromatic N) is 4. The van der Waals surface area contributed by atoms with E-state index in [2.05, 4.69) is 20.4 Å². The first kappa shape index (κ1) is 17.5. The van der Waals surface area contributed by atoms with Crippen molar-refractivity contribution in [1.29, 1.82) is 0 Å². The second kappa shape index (κ2) is 7.30. The molecule has 1 aromatic carbocycles. The molecule has 9 heteroatoms. The molecule has 2 heterocycles. The SMILES string of the molecule is COc1c(Nc2cc(Cl)ncc2[S+](C)[O-])cccc1-c1ncn(C)n1. The minimum absolute atomic E-state index is 0.304. The number of rotatable bonds is 5. The van der Waals surface area contributed by atoms with E-state index in [1.807, 2.05) is 18.2 Å². The number of anilines is 2. The van der Waals surface area contributed by atoms with E-state index in [9.17, 15) is 4.55 Å². The van der Waals surface area contributed by atoms with Crippen molar-refractivity contribution in [3.8, 4) is 17.1 Å². The lowest BCUT2D eigenvalue weighted by atomic mass is 10.1. The van der Waals surface area contributed by atoms with E-state index in [0.29, 0.717) is 33.0 Å². The molecule has 130 valence electrons. The number of hydrogen-bond donors (Lipinski definition) is 1. The minimum atomic E-state index is -1.22. The van der Waals surface area contributed by atoms with E-state index >= 15 is 0 Å². The summed E-state index contributed by atoms with van der Waals surface area (Å²) >= 11 is 4.77. The Labute approximate surface area is 153 Å². The lowest BCUT2D eigenvalue weighted by Gasteiger charge is -2.16. The van der Waals surface area contributed by atoms with Gasteiger partial charge in [-0.1, -0.05) is 17.7 Å². The van der Waals surface area contributed by atoms with Gasteiger partial charge in [-0.2, -0.15) is 5.10 Å². The van der Waals surface area contributed by atoms with Crippen LogP contribution in [0.25, 0.3) is 11.4 Å². The number of aromatic nitrogens is 4. The van der Waals surface area contributed by atoms with Gasteiger partial charge >= 0.3 is 0 Å². The fourth-order valence-electron chi connectivity index (χ4n) is 2.38. The van der Waals surface area contributed by atoms with Crippen LogP contribution in [0.2, 0.25) is 5.15 Å². The zero-order chi connectivity index (χ0) is 18.0. The summed E-state index contributed by atoms with van der Waals surface area (Å²) in [5.74, 6) is 1.13. The van der Waals surface area contributed by atoms with E-state index in [4.69, 9.17) is 16.3 Å². The van der Waals surface area contributed by atoms with Crippen LogP contribution < -0.4 is 10.1 Å². The van der Waals surface area contributed by atoms with Crippen LogP contribution in [0.1, 0.15) is 0 Å². The molecule has 0 radical (unpaired) electrons. The van der Waals surface area contributed by atoms with Crippen LogP contribution in [0.15, 0.2) is 41.7 Å². The molecule has 7 nitrogen and oxygen atoms in total. The smallest absolute Gasteiger partial charge is 0.194 e. The molecule has 0 aliphatic rings. The Bertz CT molecular complexity index is 900. The number of hydrogen-bond acceptors (Lipinski definition) is 6. The van der Waals surface area contributed by atoms with Crippen molar-refractivity contribution in [2.24, 2.45) is 7.05 Å². The maximum absolute atomic E-state index is 11.9.